The number of esters is 1. The molecule has 26 heavy (non-hydrogen) atoms. The van der Waals surface area contributed by atoms with Gasteiger partial charge in [-0.1, -0.05) is 55.5 Å². The molecule has 3 N–H and O–H groups in total. The molecule has 0 bridgehead atoms. The minimum Gasteiger partial charge on any atom is -0.480 e. The molecular formula is C21H23NO4. The molecule has 0 saturated heterocycles. The standard InChI is InChI=1S/C21H23NO4/c1-13(10-19(22)21(24)25)11-20(23)26-12-18-16-8-4-2-6-14(16)15-7-3-5-9-17(15)18/h2-9,13,18-19H,10-12,22H2,1H3,(H,24,25)/t13?,19-/m0/s1. The normalized spacial score (nSPS) is 15.0. The fraction of sp³-hybridized carbons (Fsp3) is 0.333. The lowest BCUT2D eigenvalue weighted by Crippen LogP contribution is -2.32. The zero-order valence-corrected chi connectivity index (χ0v) is 14.7. The zero-order chi connectivity index (χ0) is 18.7. The lowest BCUT2D eigenvalue weighted by atomic mass is 9.97. The van der Waals surface area contributed by atoms with Crippen LogP contribution in [0.5, 0.6) is 0 Å². The summed E-state index contributed by atoms with van der Waals surface area (Å²) in [5.41, 5.74) is 10.2. The maximum Gasteiger partial charge on any atom is 0.320 e. The fourth-order valence-corrected chi connectivity index (χ4v) is 3.58. The number of rotatable bonds is 7. The maximum atomic E-state index is 12.2. The number of carbonyl (C=O) groups excluding carboxylic acids is 1. The summed E-state index contributed by atoms with van der Waals surface area (Å²) in [7, 11) is 0. The molecule has 5 heteroatoms. The van der Waals surface area contributed by atoms with Gasteiger partial charge < -0.3 is 15.6 Å². The Hall–Kier alpha value is -2.66. The Morgan fingerprint density at radius 1 is 1.08 bits per heavy atom. The molecule has 2 aromatic carbocycles. The SMILES string of the molecule is CC(CC(=O)OCC1c2ccccc2-c2ccccc21)C[C@H](N)C(=O)O. The van der Waals surface area contributed by atoms with Crippen molar-refractivity contribution in [1.29, 1.82) is 0 Å². The van der Waals surface area contributed by atoms with Crippen molar-refractivity contribution in [3.05, 3.63) is 59.7 Å². The first-order chi connectivity index (χ1) is 12.5. The van der Waals surface area contributed by atoms with E-state index >= 15 is 0 Å². The van der Waals surface area contributed by atoms with Crippen molar-refractivity contribution in [3.63, 3.8) is 0 Å². The maximum absolute atomic E-state index is 12.2. The number of carboxylic acid groups (broad SMARTS) is 1. The molecule has 136 valence electrons. The van der Waals surface area contributed by atoms with Gasteiger partial charge in [-0.15, -0.1) is 0 Å². The van der Waals surface area contributed by atoms with E-state index in [9.17, 15) is 9.59 Å². The number of fused-ring (bicyclic) bond motifs is 3. The second-order valence-electron chi connectivity index (χ2n) is 6.90. The summed E-state index contributed by atoms with van der Waals surface area (Å²) >= 11 is 0. The molecule has 1 aliphatic carbocycles. The molecule has 0 heterocycles. The number of carboxylic acids is 1. The van der Waals surface area contributed by atoms with Crippen LogP contribution >= 0.6 is 0 Å². The van der Waals surface area contributed by atoms with E-state index in [-0.39, 0.29) is 37.3 Å². The number of hydrogen-bond acceptors (Lipinski definition) is 4. The average molecular weight is 353 g/mol. The van der Waals surface area contributed by atoms with Gasteiger partial charge in [0.05, 0.1) is 0 Å². The molecule has 0 aromatic heterocycles. The van der Waals surface area contributed by atoms with Crippen molar-refractivity contribution in [3.8, 4) is 11.1 Å². The summed E-state index contributed by atoms with van der Waals surface area (Å²) in [6, 6.07) is 15.4. The molecule has 5 nitrogen and oxygen atoms in total. The third kappa shape index (κ3) is 3.78. The van der Waals surface area contributed by atoms with E-state index in [0.29, 0.717) is 0 Å². The number of aliphatic carboxylic acids is 1. The molecule has 0 fully saturated rings. The number of benzene rings is 2. The number of hydrogen-bond donors (Lipinski definition) is 2. The van der Waals surface area contributed by atoms with Crippen molar-refractivity contribution in [2.75, 3.05) is 6.61 Å². The lowest BCUT2D eigenvalue weighted by Gasteiger charge is -2.16. The van der Waals surface area contributed by atoms with Gasteiger partial charge in [0.25, 0.3) is 0 Å². The van der Waals surface area contributed by atoms with Crippen LogP contribution in [-0.2, 0) is 14.3 Å². The van der Waals surface area contributed by atoms with E-state index in [1.807, 2.05) is 31.2 Å². The summed E-state index contributed by atoms with van der Waals surface area (Å²) in [4.78, 5) is 23.0. The van der Waals surface area contributed by atoms with Crippen molar-refractivity contribution in [2.24, 2.45) is 11.7 Å². The Morgan fingerprint density at radius 2 is 1.62 bits per heavy atom. The highest BCUT2D eigenvalue weighted by Gasteiger charge is 2.29. The minimum atomic E-state index is -1.05. The van der Waals surface area contributed by atoms with Crippen LogP contribution < -0.4 is 5.73 Å². The highest BCUT2D eigenvalue weighted by Crippen LogP contribution is 2.44. The van der Waals surface area contributed by atoms with Crippen molar-refractivity contribution >= 4 is 11.9 Å². The minimum absolute atomic E-state index is 0.0305. The van der Waals surface area contributed by atoms with Crippen LogP contribution in [0.1, 0.15) is 36.8 Å². The van der Waals surface area contributed by atoms with Gasteiger partial charge in [-0.05, 0) is 34.6 Å². The van der Waals surface area contributed by atoms with Crippen molar-refractivity contribution in [1.82, 2.24) is 0 Å². The summed E-state index contributed by atoms with van der Waals surface area (Å²) in [6.45, 7) is 2.09. The van der Waals surface area contributed by atoms with Crippen LogP contribution in [-0.4, -0.2) is 29.7 Å². The van der Waals surface area contributed by atoms with Crippen LogP contribution in [0.4, 0.5) is 0 Å². The second kappa shape index (κ2) is 7.70. The summed E-state index contributed by atoms with van der Waals surface area (Å²) in [6.07, 6.45) is 0.413. The largest absolute Gasteiger partial charge is 0.480 e. The van der Waals surface area contributed by atoms with Crippen LogP contribution in [0.3, 0.4) is 0 Å². The Balaban J connectivity index is 1.63. The average Bonchev–Trinajstić information content (AvgIpc) is 2.93. The molecule has 1 aliphatic rings. The van der Waals surface area contributed by atoms with E-state index in [4.69, 9.17) is 15.6 Å². The molecule has 0 amide bonds. The predicted molar refractivity (Wildman–Crippen MR) is 98.7 cm³/mol. The van der Waals surface area contributed by atoms with Gasteiger partial charge in [0, 0.05) is 12.3 Å². The lowest BCUT2D eigenvalue weighted by molar-refractivity contribution is -0.146. The highest BCUT2D eigenvalue weighted by atomic mass is 16.5. The topological polar surface area (TPSA) is 89.6 Å². The zero-order valence-electron chi connectivity index (χ0n) is 14.7. The fourth-order valence-electron chi connectivity index (χ4n) is 3.58. The van der Waals surface area contributed by atoms with Gasteiger partial charge in [-0.2, -0.15) is 0 Å². The molecule has 1 unspecified atom stereocenters. The van der Waals surface area contributed by atoms with E-state index in [1.165, 1.54) is 22.3 Å². The predicted octanol–water partition coefficient (Wildman–Crippen LogP) is 3.17. The van der Waals surface area contributed by atoms with E-state index in [1.54, 1.807) is 0 Å². The van der Waals surface area contributed by atoms with Crippen molar-refractivity contribution < 1.29 is 19.4 Å². The van der Waals surface area contributed by atoms with Crippen LogP contribution in [0.25, 0.3) is 11.1 Å². The smallest absolute Gasteiger partial charge is 0.320 e. The molecule has 0 radical (unpaired) electrons. The van der Waals surface area contributed by atoms with Crippen molar-refractivity contribution in [2.45, 2.75) is 31.7 Å². The summed E-state index contributed by atoms with van der Waals surface area (Å²) in [5, 5.41) is 8.86. The third-order valence-corrected chi connectivity index (χ3v) is 4.86. The number of ether oxygens (including phenoxy) is 1. The third-order valence-electron chi connectivity index (χ3n) is 4.86. The summed E-state index contributed by atoms with van der Waals surface area (Å²) < 4.78 is 5.53. The van der Waals surface area contributed by atoms with Gasteiger partial charge in [-0.25, -0.2) is 0 Å². The van der Waals surface area contributed by atoms with Gasteiger partial charge in [0.1, 0.15) is 12.6 Å². The highest BCUT2D eigenvalue weighted by molar-refractivity contribution is 5.79. The quantitative estimate of drug-likeness (QED) is 0.746. The molecular weight excluding hydrogens is 330 g/mol. The number of carbonyl (C=O) groups is 2. The molecule has 3 rings (SSSR count). The van der Waals surface area contributed by atoms with E-state index in [0.717, 1.165) is 0 Å². The first-order valence-electron chi connectivity index (χ1n) is 8.79. The van der Waals surface area contributed by atoms with Gasteiger partial charge in [0.2, 0.25) is 0 Å². The molecule has 2 aromatic rings. The van der Waals surface area contributed by atoms with Gasteiger partial charge >= 0.3 is 11.9 Å². The van der Waals surface area contributed by atoms with Gasteiger partial charge in [-0.3, -0.25) is 9.59 Å². The Bertz CT molecular complexity index is 772. The Kier molecular flexibility index (Phi) is 5.38. The van der Waals surface area contributed by atoms with Crippen LogP contribution in [0, 0.1) is 5.92 Å². The molecule has 0 saturated carbocycles. The summed E-state index contributed by atoms with van der Waals surface area (Å²) in [5.74, 6) is -1.49. The monoisotopic (exact) mass is 353 g/mol. The second-order valence-corrected chi connectivity index (χ2v) is 6.90. The Labute approximate surface area is 152 Å². The molecule has 0 spiro atoms. The first kappa shape index (κ1) is 18.1. The first-order valence-corrected chi connectivity index (χ1v) is 8.79. The van der Waals surface area contributed by atoms with Gasteiger partial charge in [0.15, 0.2) is 0 Å². The molecule has 2 atom stereocenters. The Morgan fingerprint density at radius 3 is 2.15 bits per heavy atom. The molecule has 0 aliphatic heterocycles. The van der Waals surface area contributed by atoms with E-state index < -0.39 is 12.0 Å². The van der Waals surface area contributed by atoms with Crippen LogP contribution in [0.15, 0.2) is 48.5 Å². The number of nitrogens with two attached hydrogens (primary N) is 1. The van der Waals surface area contributed by atoms with E-state index in [2.05, 4.69) is 24.3 Å². The van der Waals surface area contributed by atoms with Crippen LogP contribution in [0.2, 0.25) is 0 Å².